The first-order valence-corrected chi connectivity index (χ1v) is 6.70. The quantitative estimate of drug-likeness (QED) is 0.836. The Labute approximate surface area is 116 Å². The van der Waals surface area contributed by atoms with Crippen molar-refractivity contribution in [2.45, 2.75) is 31.8 Å². The molecule has 100 valence electrons. The number of carbonyl (C=O) groups excluding carboxylic acids is 1. The molecule has 0 saturated carbocycles. The van der Waals surface area contributed by atoms with Gasteiger partial charge in [0.1, 0.15) is 10.8 Å². The van der Waals surface area contributed by atoms with Gasteiger partial charge in [-0.15, -0.1) is 0 Å². The molecule has 2 heterocycles. The highest BCUT2D eigenvalue weighted by Gasteiger charge is 2.28. The molecule has 0 bridgehead atoms. The van der Waals surface area contributed by atoms with Crippen molar-refractivity contribution in [1.29, 1.82) is 0 Å². The van der Waals surface area contributed by atoms with Crippen molar-refractivity contribution < 1.29 is 9.90 Å². The molecule has 1 aliphatic rings. The minimum Gasteiger partial charge on any atom is -0.390 e. The molecular formula is C12H16Cl2N2O2. The summed E-state index contributed by atoms with van der Waals surface area (Å²) in [6.45, 7) is 2.99. The first-order valence-electron chi connectivity index (χ1n) is 5.95. The maximum atomic E-state index is 12.2. The minimum atomic E-state index is -0.681. The van der Waals surface area contributed by atoms with E-state index in [4.69, 9.17) is 23.2 Å². The lowest BCUT2D eigenvalue weighted by molar-refractivity contribution is 0.0437. The van der Waals surface area contributed by atoms with Crippen molar-refractivity contribution in [2.75, 3.05) is 13.1 Å². The van der Waals surface area contributed by atoms with Crippen LogP contribution < -0.4 is 0 Å². The molecule has 1 aromatic heterocycles. The fourth-order valence-corrected chi connectivity index (χ4v) is 2.47. The molecule has 4 nitrogen and oxygen atoms in total. The highest BCUT2D eigenvalue weighted by Crippen LogP contribution is 2.25. The van der Waals surface area contributed by atoms with Gasteiger partial charge in [-0.2, -0.15) is 0 Å². The van der Waals surface area contributed by atoms with Gasteiger partial charge in [0.25, 0.3) is 5.91 Å². The fourth-order valence-electron chi connectivity index (χ4n) is 2.16. The third-order valence-electron chi connectivity index (χ3n) is 3.31. The van der Waals surface area contributed by atoms with E-state index in [1.54, 1.807) is 4.90 Å². The van der Waals surface area contributed by atoms with Crippen molar-refractivity contribution in [3.63, 3.8) is 0 Å². The van der Waals surface area contributed by atoms with Gasteiger partial charge in [0.2, 0.25) is 0 Å². The van der Waals surface area contributed by atoms with Gasteiger partial charge in [0, 0.05) is 13.1 Å². The molecule has 1 fully saturated rings. The summed E-state index contributed by atoms with van der Waals surface area (Å²) in [5.41, 5.74) is -0.286. The van der Waals surface area contributed by atoms with Crippen LogP contribution in [0.2, 0.25) is 10.2 Å². The molecule has 18 heavy (non-hydrogen) atoms. The van der Waals surface area contributed by atoms with E-state index in [1.165, 1.54) is 6.07 Å². The van der Waals surface area contributed by atoms with Gasteiger partial charge in [0.05, 0.1) is 10.6 Å². The predicted molar refractivity (Wildman–Crippen MR) is 71.2 cm³/mol. The molecule has 0 spiro atoms. The summed E-state index contributed by atoms with van der Waals surface area (Å²) in [5.74, 6) is -0.124. The first-order chi connectivity index (χ1) is 8.39. The monoisotopic (exact) mass is 290 g/mol. The number of halogens is 2. The van der Waals surface area contributed by atoms with Gasteiger partial charge in [-0.05, 0) is 32.3 Å². The lowest BCUT2D eigenvalue weighted by atomic mass is 9.98. The van der Waals surface area contributed by atoms with Gasteiger partial charge in [-0.3, -0.25) is 4.79 Å². The Morgan fingerprint density at radius 1 is 1.44 bits per heavy atom. The van der Waals surface area contributed by atoms with Crippen LogP contribution in [0.1, 0.15) is 36.7 Å². The predicted octanol–water partition coefficient (Wildman–Crippen LogP) is 2.70. The van der Waals surface area contributed by atoms with Crippen LogP contribution in [0.5, 0.6) is 0 Å². The average molecular weight is 291 g/mol. The van der Waals surface area contributed by atoms with Crippen molar-refractivity contribution in [3.05, 3.63) is 21.9 Å². The number of amides is 1. The smallest absolute Gasteiger partial charge is 0.270 e. The summed E-state index contributed by atoms with van der Waals surface area (Å²) in [5, 5.41) is 10.6. The van der Waals surface area contributed by atoms with Gasteiger partial charge in [-0.1, -0.05) is 23.2 Å². The zero-order valence-corrected chi connectivity index (χ0v) is 11.7. The van der Waals surface area contributed by atoms with E-state index in [0.29, 0.717) is 36.6 Å². The molecule has 0 aliphatic carbocycles. The lowest BCUT2D eigenvalue weighted by Gasteiger charge is -2.22. The Hall–Kier alpha value is -0.710. The van der Waals surface area contributed by atoms with Gasteiger partial charge >= 0.3 is 0 Å². The third kappa shape index (κ3) is 2.99. The molecule has 0 radical (unpaired) electrons. The summed E-state index contributed by atoms with van der Waals surface area (Å²) in [4.78, 5) is 16.7. The second-order valence-electron chi connectivity index (χ2n) is 4.99. The number of likely N-dealkylation sites (tertiary alicyclic amines) is 1. The maximum absolute atomic E-state index is 12.2. The molecule has 1 aromatic rings. The van der Waals surface area contributed by atoms with Crippen LogP contribution in [0.15, 0.2) is 6.07 Å². The molecule has 1 unspecified atom stereocenters. The first kappa shape index (κ1) is 13.7. The summed E-state index contributed by atoms with van der Waals surface area (Å²) >= 11 is 11.6. The van der Waals surface area contributed by atoms with Crippen LogP contribution in [0.3, 0.4) is 0 Å². The summed E-state index contributed by atoms with van der Waals surface area (Å²) in [6.07, 6.45) is 2.09. The van der Waals surface area contributed by atoms with Gasteiger partial charge in [0.15, 0.2) is 0 Å². The molecule has 1 amide bonds. The number of aromatic nitrogens is 1. The van der Waals surface area contributed by atoms with E-state index in [2.05, 4.69) is 4.98 Å². The van der Waals surface area contributed by atoms with Crippen LogP contribution in [-0.2, 0) is 0 Å². The zero-order valence-electron chi connectivity index (χ0n) is 10.2. The van der Waals surface area contributed by atoms with Gasteiger partial charge in [-0.25, -0.2) is 0 Å². The maximum Gasteiger partial charge on any atom is 0.270 e. The Morgan fingerprint density at radius 3 is 2.78 bits per heavy atom. The normalized spacial score (nSPS) is 25.0. The Morgan fingerprint density at radius 2 is 2.17 bits per heavy atom. The molecule has 1 saturated heterocycles. The molecule has 0 aromatic carbocycles. The number of aromatic amines is 1. The van der Waals surface area contributed by atoms with Crippen LogP contribution in [0, 0.1) is 0 Å². The fraction of sp³-hybridized carbons (Fsp3) is 0.583. The number of carbonyl (C=O) groups is 1. The highest BCUT2D eigenvalue weighted by molar-refractivity contribution is 6.41. The van der Waals surface area contributed by atoms with Crippen molar-refractivity contribution >= 4 is 29.1 Å². The SMILES string of the molecule is CC1(O)CCCN(C(=O)c2cc(Cl)c(Cl)[nH]2)CC1. The summed E-state index contributed by atoms with van der Waals surface area (Å²) < 4.78 is 0. The van der Waals surface area contributed by atoms with Gasteiger partial charge < -0.3 is 15.0 Å². The Kier molecular flexibility index (Phi) is 3.90. The molecule has 6 heteroatoms. The van der Waals surface area contributed by atoms with Crippen molar-refractivity contribution in [3.8, 4) is 0 Å². The van der Waals surface area contributed by atoms with E-state index in [1.807, 2.05) is 6.92 Å². The minimum absolute atomic E-state index is 0.124. The topological polar surface area (TPSA) is 56.3 Å². The number of hydrogen-bond donors (Lipinski definition) is 2. The highest BCUT2D eigenvalue weighted by atomic mass is 35.5. The number of rotatable bonds is 1. The number of H-pyrrole nitrogens is 1. The number of nitrogens with zero attached hydrogens (tertiary/aromatic N) is 1. The van der Waals surface area contributed by atoms with E-state index < -0.39 is 5.60 Å². The molecule has 2 N–H and O–H groups in total. The second kappa shape index (κ2) is 5.11. The van der Waals surface area contributed by atoms with E-state index in [0.717, 1.165) is 6.42 Å². The third-order valence-corrected chi connectivity index (χ3v) is 4.00. The van der Waals surface area contributed by atoms with Crippen LogP contribution in [0.25, 0.3) is 0 Å². The molecule has 1 aliphatic heterocycles. The van der Waals surface area contributed by atoms with Crippen LogP contribution in [-0.4, -0.2) is 39.6 Å². The molecule has 1 atom stereocenters. The lowest BCUT2D eigenvalue weighted by Crippen LogP contribution is -2.33. The van der Waals surface area contributed by atoms with Crippen LogP contribution >= 0.6 is 23.2 Å². The van der Waals surface area contributed by atoms with Crippen molar-refractivity contribution in [1.82, 2.24) is 9.88 Å². The summed E-state index contributed by atoms with van der Waals surface area (Å²) in [7, 11) is 0. The average Bonchev–Trinajstić information content (AvgIpc) is 2.52. The molecule has 2 rings (SSSR count). The van der Waals surface area contributed by atoms with E-state index >= 15 is 0 Å². The van der Waals surface area contributed by atoms with E-state index in [-0.39, 0.29) is 11.1 Å². The Balaban J connectivity index is 2.09. The second-order valence-corrected chi connectivity index (χ2v) is 5.77. The largest absolute Gasteiger partial charge is 0.390 e. The number of nitrogens with one attached hydrogen (secondary N) is 1. The van der Waals surface area contributed by atoms with E-state index in [9.17, 15) is 9.90 Å². The van der Waals surface area contributed by atoms with Crippen molar-refractivity contribution in [2.24, 2.45) is 0 Å². The molecular weight excluding hydrogens is 275 g/mol. The summed E-state index contributed by atoms with van der Waals surface area (Å²) in [6, 6.07) is 1.54. The Bertz CT molecular complexity index is 437. The number of aliphatic hydroxyl groups is 1. The standard InChI is InChI=1S/C12H16Cl2N2O2/c1-12(18)3-2-5-16(6-4-12)11(17)9-7-8(13)10(14)15-9/h7,15,18H,2-6H2,1H3. The zero-order chi connectivity index (χ0) is 13.3. The van der Waals surface area contributed by atoms with Crippen LogP contribution in [0.4, 0.5) is 0 Å². The number of hydrogen-bond acceptors (Lipinski definition) is 2.